The number of carbonyl (C=O) groups excluding carboxylic acids is 3. The summed E-state index contributed by atoms with van der Waals surface area (Å²) in [5.74, 6) is -1.61. The van der Waals surface area contributed by atoms with Crippen LogP contribution in [0, 0.1) is 5.82 Å². The number of imide groups is 1. The lowest BCUT2D eigenvalue weighted by atomic mass is 10.0. The number of pyridine rings is 1. The Kier molecular flexibility index (Phi) is 5.76. The molecule has 0 unspecified atom stereocenters. The molecule has 0 aliphatic carbocycles. The molecule has 0 saturated heterocycles. The number of aromatic nitrogens is 1. The van der Waals surface area contributed by atoms with Crippen LogP contribution in [0.4, 0.5) is 15.8 Å². The van der Waals surface area contributed by atoms with E-state index in [0.29, 0.717) is 16.9 Å². The molecule has 0 saturated carbocycles. The van der Waals surface area contributed by atoms with E-state index >= 15 is 0 Å². The maximum absolute atomic E-state index is 13.5. The van der Waals surface area contributed by atoms with Crippen LogP contribution in [0.2, 0.25) is 0 Å². The minimum Gasteiger partial charge on any atom is -0.350 e. The van der Waals surface area contributed by atoms with Crippen molar-refractivity contribution in [1.82, 2.24) is 9.88 Å². The molecule has 0 spiro atoms. The SMILES string of the molecule is CC(=O)Nc1ccc(NC2=C(c3ccc(F)cc3)C(=O)N(Cc3ccncc3)C2=O)cc1. The molecule has 4 rings (SSSR count). The van der Waals surface area contributed by atoms with Gasteiger partial charge in [0.05, 0.1) is 12.1 Å². The van der Waals surface area contributed by atoms with Crippen molar-refractivity contribution in [3.63, 3.8) is 0 Å². The molecular formula is C24H19FN4O3. The van der Waals surface area contributed by atoms with E-state index in [2.05, 4.69) is 15.6 Å². The molecule has 160 valence electrons. The topological polar surface area (TPSA) is 91.4 Å². The summed E-state index contributed by atoms with van der Waals surface area (Å²) in [6.45, 7) is 1.49. The molecule has 32 heavy (non-hydrogen) atoms. The van der Waals surface area contributed by atoms with Gasteiger partial charge in [0.15, 0.2) is 0 Å². The highest BCUT2D eigenvalue weighted by Crippen LogP contribution is 2.31. The van der Waals surface area contributed by atoms with Crippen molar-refractivity contribution >= 4 is 34.7 Å². The second-order valence-corrected chi connectivity index (χ2v) is 7.19. The standard InChI is InChI=1S/C24H19FN4O3/c1-15(30)27-19-6-8-20(9-7-19)28-22-21(17-2-4-18(25)5-3-17)23(31)29(24(22)32)14-16-10-12-26-13-11-16/h2-13,28H,14H2,1H3,(H,27,30). The fourth-order valence-electron chi connectivity index (χ4n) is 3.38. The maximum Gasteiger partial charge on any atom is 0.278 e. The van der Waals surface area contributed by atoms with Crippen molar-refractivity contribution in [2.45, 2.75) is 13.5 Å². The zero-order valence-electron chi connectivity index (χ0n) is 17.1. The number of hydrogen-bond donors (Lipinski definition) is 2. The van der Waals surface area contributed by atoms with E-state index in [1.165, 1.54) is 31.2 Å². The summed E-state index contributed by atoms with van der Waals surface area (Å²) >= 11 is 0. The number of hydrogen-bond acceptors (Lipinski definition) is 5. The van der Waals surface area contributed by atoms with E-state index in [9.17, 15) is 18.8 Å². The van der Waals surface area contributed by atoms with Gasteiger partial charge in [0.2, 0.25) is 5.91 Å². The minimum absolute atomic E-state index is 0.0809. The molecule has 8 heteroatoms. The lowest BCUT2D eigenvalue weighted by Gasteiger charge is -2.15. The Morgan fingerprint density at radius 3 is 2.16 bits per heavy atom. The fourth-order valence-corrected chi connectivity index (χ4v) is 3.38. The van der Waals surface area contributed by atoms with Crippen LogP contribution < -0.4 is 10.6 Å². The summed E-state index contributed by atoms with van der Waals surface area (Å²) in [5.41, 5.74) is 2.60. The summed E-state index contributed by atoms with van der Waals surface area (Å²) in [6.07, 6.45) is 3.18. The molecule has 2 aromatic carbocycles. The molecule has 0 fully saturated rings. The quantitative estimate of drug-likeness (QED) is 0.584. The number of carbonyl (C=O) groups is 3. The number of nitrogens with zero attached hydrogens (tertiary/aromatic N) is 2. The van der Waals surface area contributed by atoms with E-state index in [-0.39, 0.29) is 23.7 Å². The lowest BCUT2D eigenvalue weighted by molar-refractivity contribution is -0.137. The van der Waals surface area contributed by atoms with Crippen LogP contribution in [0.15, 0.2) is 78.8 Å². The largest absolute Gasteiger partial charge is 0.350 e. The lowest BCUT2D eigenvalue weighted by Crippen LogP contribution is -2.32. The smallest absolute Gasteiger partial charge is 0.278 e. The van der Waals surface area contributed by atoms with Crippen molar-refractivity contribution in [1.29, 1.82) is 0 Å². The highest BCUT2D eigenvalue weighted by atomic mass is 19.1. The Morgan fingerprint density at radius 1 is 0.906 bits per heavy atom. The first kappa shape index (κ1) is 20.9. The molecule has 1 aliphatic rings. The Bertz CT molecular complexity index is 1210. The molecule has 1 aliphatic heterocycles. The number of nitrogens with one attached hydrogen (secondary N) is 2. The molecule has 0 atom stereocenters. The summed E-state index contributed by atoms with van der Waals surface area (Å²) in [5, 5.41) is 5.70. The van der Waals surface area contributed by atoms with Crippen LogP contribution in [0.3, 0.4) is 0 Å². The van der Waals surface area contributed by atoms with Crippen LogP contribution in [0.1, 0.15) is 18.1 Å². The van der Waals surface area contributed by atoms with Crippen LogP contribution >= 0.6 is 0 Å². The van der Waals surface area contributed by atoms with Gasteiger partial charge in [-0.25, -0.2) is 4.39 Å². The molecule has 0 bridgehead atoms. The minimum atomic E-state index is -0.489. The van der Waals surface area contributed by atoms with Gasteiger partial charge >= 0.3 is 0 Å². The molecule has 7 nitrogen and oxygen atoms in total. The predicted octanol–water partition coefficient (Wildman–Crippen LogP) is 3.57. The van der Waals surface area contributed by atoms with Crippen LogP contribution in [-0.2, 0) is 20.9 Å². The first-order valence-electron chi connectivity index (χ1n) is 9.82. The third-order valence-electron chi connectivity index (χ3n) is 4.87. The summed E-state index contributed by atoms with van der Waals surface area (Å²) in [4.78, 5) is 42.8. The van der Waals surface area contributed by atoms with Gasteiger partial charge in [-0.3, -0.25) is 24.3 Å². The van der Waals surface area contributed by atoms with Crippen molar-refractivity contribution in [2.75, 3.05) is 10.6 Å². The second kappa shape index (κ2) is 8.81. The van der Waals surface area contributed by atoms with Crippen molar-refractivity contribution in [3.8, 4) is 0 Å². The summed E-state index contributed by atoms with van der Waals surface area (Å²) in [6, 6.07) is 15.6. The van der Waals surface area contributed by atoms with Gasteiger partial charge in [0.25, 0.3) is 11.8 Å². The second-order valence-electron chi connectivity index (χ2n) is 7.19. The van der Waals surface area contributed by atoms with Crippen LogP contribution in [-0.4, -0.2) is 27.6 Å². The molecule has 3 amide bonds. The molecule has 2 heterocycles. The third kappa shape index (κ3) is 4.39. The monoisotopic (exact) mass is 430 g/mol. The summed E-state index contributed by atoms with van der Waals surface area (Å²) in [7, 11) is 0. The van der Waals surface area contributed by atoms with Gasteiger partial charge in [-0.1, -0.05) is 12.1 Å². The molecule has 2 N–H and O–H groups in total. The number of rotatable bonds is 6. The van der Waals surface area contributed by atoms with Crippen molar-refractivity contribution < 1.29 is 18.8 Å². The first-order chi connectivity index (χ1) is 15.4. The van der Waals surface area contributed by atoms with Gasteiger partial charge < -0.3 is 10.6 Å². The Labute approximate surface area is 183 Å². The van der Waals surface area contributed by atoms with Gasteiger partial charge in [0.1, 0.15) is 11.5 Å². The highest BCUT2D eigenvalue weighted by molar-refractivity contribution is 6.36. The van der Waals surface area contributed by atoms with Crippen molar-refractivity contribution in [2.24, 2.45) is 0 Å². The van der Waals surface area contributed by atoms with Crippen molar-refractivity contribution in [3.05, 3.63) is 95.7 Å². The van der Waals surface area contributed by atoms with E-state index in [1.54, 1.807) is 48.8 Å². The Morgan fingerprint density at radius 2 is 1.53 bits per heavy atom. The Balaban J connectivity index is 1.68. The summed E-state index contributed by atoms with van der Waals surface area (Å²) < 4.78 is 13.5. The van der Waals surface area contributed by atoms with E-state index in [0.717, 1.165) is 10.5 Å². The van der Waals surface area contributed by atoms with Crippen LogP contribution in [0.5, 0.6) is 0 Å². The molecule has 3 aromatic rings. The Hall–Kier alpha value is -4.33. The number of amides is 3. The van der Waals surface area contributed by atoms with E-state index < -0.39 is 17.6 Å². The van der Waals surface area contributed by atoms with Crippen LogP contribution in [0.25, 0.3) is 5.57 Å². The molecule has 1 aromatic heterocycles. The van der Waals surface area contributed by atoms with E-state index in [1.807, 2.05) is 0 Å². The predicted molar refractivity (Wildman–Crippen MR) is 117 cm³/mol. The third-order valence-corrected chi connectivity index (χ3v) is 4.87. The fraction of sp³-hybridized carbons (Fsp3) is 0.0833. The number of halogens is 1. The van der Waals surface area contributed by atoms with Gasteiger partial charge in [-0.15, -0.1) is 0 Å². The average molecular weight is 430 g/mol. The number of anilines is 2. The highest BCUT2D eigenvalue weighted by Gasteiger charge is 2.39. The zero-order chi connectivity index (χ0) is 22.7. The van der Waals surface area contributed by atoms with Gasteiger partial charge in [-0.2, -0.15) is 0 Å². The molecule has 0 radical (unpaired) electrons. The zero-order valence-corrected chi connectivity index (χ0v) is 17.1. The normalized spacial score (nSPS) is 13.5. The van der Waals surface area contributed by atoms with Gasteiger partial charge in [0, 0.05) is 30.7 Å². The number of benzene rings is 2. The first-order valence-corrected chi connectivity index (χ1v) is 9.82. The molecular weight excluding hydrogens is 411 g/mol. The average Bonchev–Trinajstić information content (AvgIpc) is 3.00. The van der Waals surface area contributed by atoms with E-state index in [4.69, 9.17) is 0 Å². The maximum atomic E-state index is 13.5. The van der Waals surface area contributed by atoms with Gasteiger partial charge in [-0.05, 0) is 59.7 Å².